The van der Waals surface area contributed by atoms with Crippen LogP contribution in [0.4, 0.5) is 0 Å². The highest BCUT2D eigenvalue weighted by Crippen LogP contribution is 2.16. The number of hydrogen-bond acceptors (Lipinski definition) is 3. The zero-order chi connectivity index (χ0) is 12.5. The van der Waals surface area contributed by atoms with E-state index in [0.717, 1.165) is 36.8 Å². The molecule has 1 amide bonds. The van der Waals surface area contributed by atoms with E-state index >= 15 is 0 Å². The van der Waals surface area contributed by atoms with Gasteiger partial charge in [0.2, 0.25) is 0 Å². The number of H-pyrrole nitrogens is 1. The van der Waals surface area contributed by atoms with E-state index in [1.54, 1.807) is 6.20 Å². The molecule has 1 aliphatic heterocycles. The Labute approximate surface area is 105 Å². The van der Waals surface area contributed by atoms with Crippen LogP contribution in [0.15, 0.2) is 24.4 Å². The minimum Gasteiger partial charge on any atom is -0.339 e. The first-order chi connectivity index (χ1) is 8.74. The highest BCUT2D eigenvalue weighted by atomic mass is 16.2. The van der Waals surface area contributed by atoms with Crippen molar-refractivity contribution in [2.45, 2.75) is 18.9 Å². The van der Waals surface area contributed by atoms with E-state index in [0.29, 0.717) is 5.56 Å². The number of fused-ring (bicyclic) bond motifs is 1. The van der Waals surface area contributed by atoms with Crippen LogP contribution in [0.5, 0.6) is 0 Å². The molecule has 3 N–H and O–H groups in total. The van der Waals surface area contributed by atoms with Crippen LogP contribution in [0.2, 0.25) is 0 Å². The normalized spacial score (nSPS) is 17.3. The van der Waals surface area contributed by atoms with E-state index in [1.807, 2.05) is 23.1 Å². The molecule has 3 rings (SSSR count). The third-order valence-corrected chi connectivity index (χ3v) is 3.52. The quantitative estimate of drug-likeness (QED) is 0.789. The van der Waals surface area contributed by atoms with Crippen LogP contribution in [-0.2, 0) is 0 Å². The predicted molar refractivity (Wildman–Crippen MR) is 69.2 cm³/mol. The van der Waals surface area contributed by atoms with Gasteiger partial charge in [0.25, 0.3) is 5.91 Å². The highest BCUT2D eigenvalue weighted by Gasteiger charge is 2.21. The van der Waals surface area contributed by atoms with Gasteiger partial charge in [0, 0.05) is 30.1 Å². The SMILES string of the molecule is NC1CCN(C(=O)c2ccc3cn[nH]c3c2)CC1. The van der Waals surface area contributed by atoms with Crippen molar-refractivity contribution in [2.75, 3.05) is 13.1 Å². The van der Waals surface area contributed by atoms with Crippen molar-refractivity contribution < 1.29 is 4.79 Å². The lowest BCUT2D eigenvalue weighted by Gasteiger charge is -2.30. The van der Waals surface area contributed by atoms with Gasteiger partial charge < -0.3 is 10.6 Å². The first-order valence-corrected chi connectivity index (χ1v) is 6.22. The molecule has 0 saturated carbocycles. The van der Waals surface area contributed by atoms with Gasteiger partial charge in [-0.15, -0.1) is 0 Å². The maximum absolute atomic E-state index is 12.3. The predicted octanol–water partition coefficient (Wildman–Crippen LogP) is 1.13. The van der Waals surface area contributed by atoms with Crippen LogP contribution in [0.25, 0.3) is 10.9 Å². The number of piperidine rings is 1. The highest BCUT2D eigenvalue weighted by molar-refractivity contribution is 5.97. The number of carbonyl (C=O) groups excluding carboxylic acids is 1. The first-order valence-electron chi connectivity index (χ1n) is 6.22. The standard InChI is InChI=1S/C13H16N4O/c14-11-3-5-17(6-4-11)13(18)9-1-2-10-8-15-16-12(10)7-9/h1-2,7-8,11H,3-6,14H2,(H,15,16). The molecule has 94 valence electrons. The number of rotatable bonds is 1. The number of benzene rings is 1. The molecule has 1 saturated heterocycles. The number of nitrogens with two attached hydrogens (primary N) is 1. The van der Waals surface area contributed by atoms with Gasteiger partial charge in [0.15, 0.2) is 0 Å². The van der Waals surface area contributed by atoms with Gasteiger partial charge in [-0.05, 0) is 25.0 Å². The van der Waals surface area contributed by atoms with Crippen molar-refractivity contribution in [1.82, 2.24) is 15.1 Å². The number of aromatic amines is 1. The zero-order valence-electron chi connectivity index (χ0n) is 10.1. The summed E-state index contributed by atoms with van der Waals surface area (Å²) >= 11 is 0. The molecule has 1 aliphatic rings. The number of likely N-dealkylation sites (tertiary alicyclic amines) is 1. The Hall–Kier alpha value is -1.88. The molecular weight excluding hydrogens is 228 g/mol. The summed E-state index contributed by atoms with van der Waals surface area (Å²) in [6.07, 6.45) is 3.53. The molecule has 0 atom stereocenters. The molecular formula is C13H16N4O. The van der Waals surface area contributed by atoms with Crippen molar-refractivity contribution in [1.29, 1.82) is 0 Å². The second-order valence-corrected chi connectivity index (χ2v) is 4.80. The Kier molecular flexibility index (Phi) is 2.76. The number of carbonyl (C=O) groups is 1. The zero-order valence-corrected chi connectivity index (χ0v) is 10.1. The molecule has 2 heterocycles. The molecule has 0 radical (unpaired) electrons. The maximum atomic E-state index is 12.3. The third-order valence-electron chi connectivity index (χ3n) is 3.52. The summed E-state index contributed by atoms with van der Waals surface area (Å²) < 4.78 is 0. The largest absolute Gasteiger partial charge is 0.339 e. The summed E-state index contributed by atoms with van der Waals surface area (Å²) in [5.74, 6) is 0.0819. The van der Waals surface area contributed by atoms with Crippen molar-refractivity contribution >= 4 is 16.8 Å². The van der Waals surface area contributed by atoms with Crippen LogP contribution >= 0.6 is 0 Å². The monoisotopic (exact) mass is 244 g/mol. The van der Waals surface area contributed by atoms with Crippen LogP contribution < -0.4 is 5.73 Å². The summed E-state index contributed by atoms with van der Waals surface area (Å²) in [5, 5.41) is 7.86. The Morgan fingerprint density at radius 2 is 2.17 bits per heavy atom. The average molecular weight is 244 g/mol. The summed E-state index contributed by atoms with van der Waals surface area (Å²) in [6.45, 7) is 1.50. The number of hydrogen-bond donors (Lipinski definition) is 2. The maximum Gasteiger partial charge on any atom is 0.253 e. The first kappa shape index (κ1) is 11.2. The van der Waals surface area contributed by atoms with Crippen LogP contribution in [0, 0.1) is 0 Å². The lowest BCUT2D eigenvalue weighted by molar-refractivity contribution is 0.0715. The Morgan fingerprint density at radius 3 is 2.94 bits per heavy atom. The number of nitrogens with zero attached hydrogens (tertiary/aromatic N) is 2. The number of amides is 1. The summed E-state index contributed by atoms with van der Waals surface area (Å²) in [4.78, 5) is 14.2. The Morgan fingerprint density at radius 1 is 1.39 bits per heavy atom. The lowest BCUT2D eigenvalue weighted by atomic mass is 10.0. The average Bonchev–Trinajstić information content (AvgIpc) is 2.86. The van der Waals surface area contributed by atoms with E-state index < -0.39 is 0 Å². The lowest BCUT2D eigenvalue weighted by Crippen LogP contribution is -2.42. The van der Waals surface area contributed by atoms with Gasteiger partial charge in [-0.2, -0.15) is 5.10 Å². The third kappa shape index (κ3) is 1.97. The van der Waals surface area contributed by atoms with E-state index in [1.165, 1.54) is 0 Å². The van der Waals surface area contributed by atoms with Crippen LogP contribution in [0.3, 0.4) is 0 Å². The Bertz CT molecular complexity index is 569. The topological polar surface area (TPSA) is 75.0 Å². The molecule has 0 bridgehead atoms. The van der Waals surface area contributed by atoms with Gasteiger partial charge in [-0.1, -0.05) is 6.07 Å². The van der Waals surface area contributed by atoms with Gasteiger partial charge in [-0.3, -0.25) is 9.89 Å². The van der Waals surface area contributed by atoms with Gasteiger partial charge >= 0.3 is 0 Å². The summed E-state index contributed by atoms with van der Waals surface area (Å²) in [6, 6.07) is 5.87. The molecule has 1 fully saturated rings. The fourth-order valence-electron chi connectivity index (χ4n) is 2.36. The molecule has 0 unspecified atom stereocenters. The molecule has 5 nitrogen and oxygen atoms in total. The van der Waals surface area contributed by atoms with Crippen molar-refractivity contribution in [3.05, 3.63) is 30.0 Å². The van der Waals surface area contributed by atoms with Crippen molar-refractivity contribution in [3.8, 4) is 0 Å². The van der Waals surface area contributed by atoms with Gasteiger partial charge in [-0.25, -0.2) is 0 Å². The van der Waals surface area contributed by atoms with Gasteiger partial charge in [0.05, 0.1) is 11.7 Å². The molecule has 2 aromatic rings. The molecule has 18 heavy (non-hydrogen) atoms. The minimum atomic E-state index is 0.0819. The molecule has 5 heteroatoms. The molecule has 0 spiro atoms. The number of aromatic nitrogens is 2. The molecule has 0 aliphatic carbocycles. The van der Waals surface area contributed by atoms with E-state index in [-0.39, 0.29) is 11.9 Å². The Balaban J connectivity index is 1.82. The summed E-state index contributed by atoms with van der Waals surface area (Å²) in [7, 11) is 0. The van der Waals surface area contributed by atoms with Crippen LogP contribution in [-0.4, -0.2) is 40.1 Å². The second kappa shape index (κ2) is 4.42. The van der Waals surface area contributed by atoms with Gasteiger partial charge in [0.1, 0.15) is 0 Å². The van der Waals surface area contributed by atoms with E-state index in [4.69, 9.17) is 5.73 Å². The molecule has 1 aromatic carbocycles. The smallest absolute Gasteiger partial charge is 0.253 e. The minimum absolute atomic E-state index is 0.0819. The van der Waals surface area contributed by atoms with E-state index in [9.17, 15) is 4.79 Å². The van der Waals surface area contributed by atoms with Crippen LogP contribution in [0.1, 0.15) is 23.2 Å². The molecule has 1 aromatic heterocycles. The van der Waals surface area contributed by atoms with E-state index in [2.05, 4.69) is 10.2 Å². The van der Waals surface area contributed by atoms with Crippen molar-refractivity contribution in [2.24, 2.45) is 5.73 Å². The fraction of sp³-hybridized carbons (Fsp3) is 0.385. The van der Waals surface area contributed by atoms with Crippen molar-refractivity contribution in [3.63, 3.8) is 0 Å². The number of nitrogens with one attached hydrogen (secondary N) is 1. The summed E-state index contributed by atoms with van der Waals surface area (Å²) in [5.41, 5.74) is 7.45. The fourth-order valence-corrected chi connectivity index (χ4v) is 2.36. The second-order valence-electron chi connectivity index (χ2n) is 4.80.